The average Bonchev–Trinajstić information content (AvgIpc) is 3.19. The first-order valence-corrected chi connectivity index (χ1v) is 10.7. The zero-order chi connectivity index (χ0) is 20.8. The summed E-state index contributed by atoms with van der Waals surface area (Å²) in [6, 6.07) is 14.6. The van der Waals surface area contributed by atoms with Gasteiger partial charge in [-0.25, -0.2) is 9.37 Å². The summed E-state index contributed by atoms with van der Waals surface area (Å²) < 4.78 is 16.0. The number of aryl methyl sites for hydroxylation is 1. The van der Waals surface area contributed by atoms with E-state index < -0.39 is 0 Å². The molecule has 4 aromatic rings. The summed E-state index contributed by atoms with van der Waals surface area (Å²) in [5.41, 5.74) is 2.21. The molecule has 0 atom stereocenters. The molecule has 0 radical (unpaired) electrons. The monoisotopic (exact) mass is 418 g/mol. The third-order valence-corrected chi connectivity index (χ3v) is 7.11. The number of anilines is 1. The molecular weight excluding hydrogens is 399 g/mol. The summed E-state index contributed by atoms with van der Waals surface area (Å²) in [5.74, 6) is 0.0285. The van der Waals surface area contributed by atoms with Gasteiger partial charge in [-0.05, 0) is 31.0 Å². The van der Waals surface area contributed by atoms with E-state index in [0.29, 0.717) is 11.4 Å². The number of fused-ring (bicyclic) bond motifs is 2. The van der Waals surface area contributed by atoms with Crippen LogP contribution in [0.5, 0.6) is 0 Å². The maximum atomic E-state index is 13.5. The fourth-order valence-corrected chi connectivity index (χ4v) is 5.47. The molecule has 0 N–H and O–H groups in total. The van der Waals surface area contributed by atoms with Crippen LogP contribution in [0.2, 0.25) is 0 Å². The van der Waals surface area contributed by atoms with Crippen molar-refractivity contribution in [2.45, 2.75) is 18.8 Å². The molecule has 0 unspecified atom stereocenters. The lowest BCUT2D eigenvalue weighted by Gasteiger charge is -2.34. The highest BCUT2D eigenvalue weighted by Crippen LogP contribution is 2.37. The SMILES string of the molecule is Cn1c(=O)c(C#N)c(N2CCC(c3nc4cc(F)ccc4s3)CC2)c2ccccc21. The number of nitriles is 1. The van der Waals surface area contributed by atoms with Crippen LogP contribution < -0.4 is 10.5 Å². The number of benzene rings is 2. The molecule has 150 valence electrons. The molecule has 0 spiro atoms. The summed E-state index contributed by atoms with van der Waals surface area (Å²) in [5, 5.41) is 11.7. The first-order valence-electron chi connectivity index (χ1n) is 9.89. The Balaban J connectivity index is 1.48. The molecule has 7 heteroatoms. The van der Waals surface area contributed by atoms with E-state index in [4.69, 9.17) is 0 Å². The lowest BCUT2D eigenvalue weighted by molar-refractivity contribution is 0.504. The molecule has 0 bridgehead atoms. The van der Waals surface area contributed by atoms with E-state index in [1.165, 1.54) is 12.1 Å². The number of thiazole rings is 1. The van der Waals surface area contributed by atoms with Crippen molar-refractivity contribution >= 4 is 38.1 Å². The second-order valence-corrected chi connectivity index (χ2v) is 8.70. The van der Waals surface area contributed by atoms with Gasteiger partial charge >= 0.3 is 0 Å². The zero-order valence-electron chi connectivity index (χ0n) is 16.4. The van der Waals surface area contributed by atoms with Crippen LogP contribution >= 0.6 is 11.3 Å². The second-order valence-electron chi connectivity index (χ2n) is 7.64. The predicted octanol–water partition coefficient (Wildman–Crippen LogP) is 4.54. The smallest absolute Gasteiger partial charge is 0.270 e. The molecule has 3 heterocycles. The minimum Gasteiger partial charge on any atom is -0.370 e. The van der Waals surface area contributed by atoms with E-state index in [0.717, 1.165) is 52.2 Å². The summed E-state index contributed by atoms with van der Waals surface area (Å²) in [6.07, 6.45) is 1.74. The van der Waals surface area contributed by atoms with Gasteiger partial charge < -0.3 is 9.47 Å². The summed E-state index contributed by atoms with van der Waals surface area (Å²) >= 11 is 1.62. The molecule has 5 nitrogen and oxygen atoms in total. The third kappa shape index (κ3) is 2.96. The van der Waals surface area contributed by atoms with Crippen molar-refractivity contribution < 1.29 is 4.39 Å². The Morgan fingerprint density at radius 1 is 1.20 bits per heavy atom. The number of pyridine rings is 1. The zero-order valence-corrected chi connectivity index (χ0v) is 17.2. The van der Waals surface area contributed by atoms with Gasteiger partial charge in [0.15, 0.2) is 0 Å². The van der Waals surface area contributed by atoms with Gasteiger partial charge in [0.1, 0.15) is 17.4 Å². The van der Waals surface area contributed by atoms with Crippen LogP contribution in [0.3, 0.4) is 0 Å². The molecule has 1 saturated heterocycles. The minimum atomic E-state index is -0.268. The molecule has 1 aliphatic rings. The maximum Gasteiger partial charge on any atom is 0.270 e. The van der Waals surface area contributed by atoms with Crippen LogP contribution in [0.15, 0.2) is 47.3 Å². The first kappa shape index (κ1) is 18.8. The molecule has 0 amide bonds. The third-order valence-electron chi connectivity index (χ3n) is 5.91. The van der Waals surface area contributed by atoms with Gasteiger partial charge in [-0.1, -0.05) is 18.2 Å². The molecule has 1 fully saturated rings. The second kappa shape index (κ2) is 7.22. The molecule has 2 aromatic carbocycles. The molecular formula is C23H19FN4OS. The Kier molecular flexibility index (Phi) is 4.52. The number of aromatic nitrogens is 2. The van der Waals surface area contributed by atoms with Crippen molar-refractivity contribution in [3.8, 4) is 6.07 Å². The quantitative estimate of drug-likeness (QED) is 0.479. The van der Waals surface area contributed by atoms with Crippen molar-refractivity contribution in [1.82, 2.24) is 9.55 Å². The lowest BCUT2D eigenvalue weighted by atomic mass is 9.96. The maximum absolute atomic E-state index is 13.5. The largest absolute Gasteiger partial charge is 0.370 e. The average molecular weight is 418 g/mol. The topological polar surface area (TPSA) is 61.9 Å². The van der Waals surface area contributed by atoms with Crippen LogP contribution in [0, 0.1) is 17.1 Å². The van der Waals surface area contributed by atoms with E-state index in [9.17, 15) is 14.4 Å². The Hall–Kier alpha value is -3.24. The van der Waals surface area contributed by atoms with Crippen LogP contribution in [0.4, 0.5) is 10.1 Å². The Morgan fingerprint density at radius 3 is 2.73 bits per heavy atom. The number of hydrogen-bond acceptors (Lipinski definition) is 5. The minimum absolute atomic E-state index is 0.199. The van der Waals surface area contributed by atoms with Crippen molar-refractivity contribution in [2.24, 2.45) is 7.05 Å². The molecule has 30 heavy (non-hydrogen) atoms. The van der Waals surface area contributed by atoms with Gasteiger partial charge in [0, 0.05) is 37.5 Å². The molecule has 0 saturated carbocycles. The van der Waals surface area contributed by atoms with E-state index in [-0.39, 0.29) is 16.9 Å². The predicted molar refractivity (Wildman–Crippen MR) is 118 cm³/mol. The number of para-hydroxylation sites is 1. The van der Waals surface area contributed by atoms with E-state index in [1.54, 1.807) is 29.0 Å². The van der Waals surface area contributed by atoms with Crippen molar-refractivity contribution in [3.63, 3.8) is 0 Å². The highest BCUT2D eigenvalue weighted by molar-refractivity contribution is 7.18. The van der Waals surface area contributed by atoms with Crippen molar-refractivity contribution in [3.05, 3.63) is 69.2 Å². The van der Waals surface area contributed by atoms with Gasteiger partial charge in [0.25, 0.3) is 5.56 Å². The van der Waals surface area contributed by atoms with E-state index in [1.807, 2.05) is 24.3 Å². The van der Waals surface area contributed by atoms with E-state index >= 15 is 0 Å². The Morgan fingerprint density at radius 2 is 1.97 bits per heavy atom. The van der Waals surface area contributed by atoms with Gasteiger partial charge in [0.05, 0.1) is 26.4 Å². The highest BCUT2D eigenvalue weighted by atomic mass is 32.1. The number of piperidine rings is 1. The number of hydrogen-bond donors (Lipinski definition) is 0. The molecule has 5 rings (SSSR count). The number of rotatable bonds is 2. The summed E-state index contributed by atoms with van der Waals surface area (Å²) in [7, 11) is 1.71. The molecule has 0 aliphatic carbocycles. The van der Waals surface area contributed by atoms with Gasteiger partial charge in [-0.2, -0.15) is 5.26 Å². The summed E-state index contributed by atoms with van der Waals surface area (Å²) in [4.78, 5) is 19.6. The first-order chi connectivity index (χ1) is 14.6. The fraction of sp³-hybridized carbons (Fsp3) is 0.261. The van der Waals surface area contributed by atoms with Crippen molar-refractivity contribution in [1.29, 1.82) is 5.26 Å². The normalized spacial score (nSPS) is 15.0. The van der Waals surface area contributed by atoms with E-state index in [2.05, 4.69) is 16.0 Å². The molecule has 2 aromatic heterocycles. The van der Waals surface area contributed by atoms with Gasteiger partial charge in [-0.15, -0.1) is 11.3 Å². The Bertz CT molecular complexity index is 1380. The number of nitrogens with zero attached hydrogens (tertiary/aromatic N) is 4. The van der Waals surface area contributed by atoms with Crippen LogP contribution in [-0.2, 0) is 7.05 Å². The van der Waals surface area contributed by atoms with Crippen LogP contribution in [0.25, 0.3) is 21.1 Å². The summed E-state index contributed by atoms with van der Waals surface area (Å²) in [6.45, 7) is 1.47. The lowest BCUT2D eigenvalue weighted by Crippen LogP contribution is -2.35. The van der Waals surface area contributed by atoms with Crippen molar-refractivity contribution in [2.75, 3.05) is 18.0 Å². The van der Waals surface area contributed by atoms with Crippen LogP contribution in [0.1, 0.15) is 29.3 Å². The van der Waals surface area contributed by atoms with Gasteiger partial charge in [0.2, 0.25) is 0 Å². The molecule has 1 aliphatic heterocycles. The highest BCUT2D eigenvalue weighted by Gasteiger charge is 2.27. The standard InChI is InChI=1S/C23H19FN4OS/c1-27-19-5-3-2-4-16(19)21(17(13-25)23(27)29)28-10-8-14(9-11-28)22-26-18-12-15(24)6-7-20(18)30-22/h2-7,12,14H,8-11H2,1H3. The van der Waals surface area contributed by atoms with Gasteiger partial charge in [-0.3, -0.25) is 4.79 Å². The fourth-order valence-electron chi connectivity index (χ4n) is 4.35. The Labute approximate surface area is 176 Å². The van der Waals surface area contributed by atoms with Crippen LogP contribution in [-0.4, -0.2) is 22.6 Å². The number of halogens is 1.